The average Bonchev–Trinajstić information content (AvgIpc) is 3.24. The van der Waals surface area contributed by atoms with E-state index >= 15 is 0 Å². The van der Waals surface area contributed by atoms with Crippen LogP contribution in [-0.4, -0.2) is 42.2 Å². The van der Waals surface area contributed by atoms with E-state index in [4.69, 9.17) is 4.74 Å². The third-order valence-electron chi connectivity index (χ3n) is 7.13. The molecular formula is C33H28N2O5. The highest BCUT2D eigenvalue weighted by atomic mass is 16.5. The first-order valence-electron chi connectivity index (χ1n) is 13.0. The molecule has 1 heterocycles. The molecule has 4 aromatic carbocycles. The number of esters is 1. The molecule has 0 bridgehead atoms. The molecule has 1 unspecified atom stereocenters. The summed E-state index contributed by atoms with van der Waals surface area (Å²) in [5.74, 6) is -2.11. The standard InChI is InChI=1S/C33H28N2O5/c1-3-21(33(39)40-2)20-35-31(37)28-18-15-26(19-29(28)32(35)38)24-9-11-25(12-10-24)30(36)34-27-16-13-23(14-17-27)22-7-5-4-6-8-22/h4-19,21H,3,20H2,1-2H3,(H,34,36). The van der Waals surface area contributed by atoms with E-state index in [0.29, 0.717) is 28.8 Å². The molecule has 7 nitrogen and oxygen atoms in total. The zero-order valence-electron chi connectivity index (χ0n) is 22.2. The molecule has 0 spiro atoms. The van der Waals surface area contributed by atoms with E-state index in [0.717, 1.165) is 27.2 Å². The first-order valence-corrected chi connectivity index (χ1v) is 13.0. The number of hydrogen-bond donors (Lipinski definition) is 1. The first kappa shape index (κ1) is 26.6. The van der Waals surface area contributed by atoms with Crippen molar-refractivity contribution in [1.29, 1.82) is 0 Å². The van der Waals surface area contributed by atoms with Crippen LogP contribution in [0.3, 0.4) is 0 Å². The number of anilines is 1. The van der Waals surface area contributed by atoms with Crippen LogP contribution >= 0.6 is 0 Å². The summed E-state index contributed by atoms with van der Waals surface area (Å²) in [6, 6.07) is 29.8. The van der Waals surface area contributed by atoms with Gasteiger partial charge in [0.1, 0.15) is 0 Å². The summed E-state index contributed by atoms with van der Waals surface area (Å²) in [7, 11) is 1.29. The molecule has 0 fully saturated rings. The molecular weight excluding hydrogens is 504 g/mol. The Bertz CT molecular complexity index is 1580. The topological polar surface area (TPSA) is 92.8 Å². The summed E-state index contributed by atoms with van der Waals surface area (Å²) >= 11 is 0. The highest BCUT2D eigenvalue weighted by Crippen LogP contribution is 2.30. The number of rotatable bonds is 8. The molecule has 4 aromatic rings. The average molecular weight is 533 g/mol. The van der Waals surface area contributed by atoms with Crippen molar-refractivity contribution in [3.8, 4) is 22.3 Å². The fourth-order valence-electron chi connectivity index (χ4n) is 4.79. The first-order chi connectivity index (χ1) is 19.4. The largest absolute Gasteiger partial charge is 0.469 e. The van der Waals surface area contributed by atoms with Gasteiger partial charge in [0.05, 0.1) is 24.2 Å². The van der Waals surface area contributed by atoms with Crippen LogP contribution in [0.2, 0.25) is 0 Å². The maximum atomic E-state index is 13.1. The molecule has 0 radical (unpaired) electrons. The molecule has 5 rings (SSSR count). The fourth-order valence-corrected chi connectivity index (χ4v) is 4.79. The molecule has 1 atom stereocenters. The van der Waals surface area contributed by atoms with Gasteiger partial charge in [-0.05, 0) is 65.1 Å². The van der Waals surface area contributed by atoms with Crippen molar-refractivity contribution in [3.63, 3.8) is 0 Å². The molecule has 0 aromatic heterocycles. The van der Waals surface area contributed by atoms with Crippen molar-refractivity contribution in [2.45, 2.75) is 13.3 Å². The quantitative estimate of drug-likeness (QED) is 0.220. The zero-order chi connectivity index (χ0) is 28.2. The van der Waals surface area contributed by atoms with Gasteiger partial charge in [0, 0.05) is 17.8 Å². The Labute approximate surface area is 232 Å². The fraction of sp³-hybridized carbons (Fsp3) is 0.152. The maximum Gasteiger partial charge on any atom is 0.310 e. The highest BCUT2D eigenvalue weighted by Gasteiger charge is 2.38. The summed E-state index contributed by atoms with van der Waals surface area (Å²) < 4.78 is 4.80. The number of nitrogens with zero attached hydrogens (tertiary/aromatic N) is 1. The summed E-state index contributed by atoms with van der Waals surface area (Å²) in [5.41, 5.74) is 5.49. The van der Waals surface area contributed by atoms with Crippen molar-refractivity contribution in [2.24, 2.45) is 5.92 Å². The summed E-state index contributed by atoms with van der Waals surface area (Å²) in [4.78, 5) is 51.9. The molecule has 1 aliphatic rings. The smallest absolute Gasteiger partial charge is 0.310 e. The Kier molecular flexibility index (Phi) is 7.55. The Morgan fingerprint density at radius 1 is 0.750 bits per heavy atom. The second kappa shape index (κ2) is 11.4. The minimum absolute atomic E-state index is 0.0242. The monoisotopic (exact) mass is 532 g/mol. The minimum Gasteiger partial charge on any atom is -0.469 e. The maximum absolute atomic E-state index is 13.1. The van der Waals surface area contributed by atoms with Crippen molar-refractivity contribution >= 4 is 29.4 Å². The van der Waals surface area contributed by atoms with Crippen LogP contribution < -0.4 is 5.32 Å². The molecule has 0 saturated heterocycles. The van der Waals surface area contributed by atoms with E-state index in [1.165, 1.54) is 7.11 Å². The number of benzene rings is 4. The third kappa shape index (κ3) is 5.27. The van der Waals surface area contributed by atoms with Gasteiger partial charge in [0.25, 0.3) is 17.7 Å². The summed E-state index contributed by atoms with van der Waals surface area (Å²) in [6.45, 7) is 1.78. The van der Waals surface area contributed by atoms with Crippen LogP contribution in [0, 0.1) is 5.92 Å². The normalized spacial score (nSPS) is 13.1. The van der Waals surface area contributed by atoms with Crippen molar-refractivity contribution in [2.75, 3.05) is 19.0 Å². The Balaban J connectivity index is 1.28. The zero-order valence-corrected chi connectivity index (χ0v) is 22.2. The number of fused-ring (bicyclic) bond motifs is 1. The second-order valence-electron chi connectivity index (χ2n) is 9.58. The number of methoxy groups -OCH3 is 1. The van der Waals surface area contributed by atoms with Crippen molar-refractivity contribution in [3.05, 3.63) is 114 Å². The Hall–Kier alpha value is -5.04. The van der Waals surface area contributed by atoms with Crippen LogP contribution in [0.15, 0.2) is 97.1 Å². The van der Waals surface area contributed by atoms with Crippen molar-refractivity contribution in [1.82, 2.24) is 4.90 Å². The van der Waals surface area contributed by atoms with Gasteiger partial charge >= 0.3 is 5.97 Å². The lowest BCUT2D eigenvalue weighted by Gasteiger charge is -2.19. The van der Waals surface area contributed by atoms with Gasteiger partial charge < -0.3 is 10.1 Å². The number of amides is 3. The number of ether oxygens (including phenoxy) is 1. The SMILES string of the molecule is CCC(CN1C(=O)c2ccc(-c3ccc(C(=O)Nc4ccc(-c5ccccc5)cc4)cc3)cc2C1=O)C(=O)OC. The molecule has 0 aliphatic carbocycles. The lowest BCUT2D eigenvalue weighted by molar-refractivity contribution is -0.145. The third-order valence-corrected chi connectivity index (χ3v) is 7.13. The number of carbonyl (C=O) groups excluding carboxylic acids is 4. The van der Waals surface area contributed by atoms with Crippen molar-refractivity contribution < 1.29 is 23.9 Å². The van der Waals surface area contributed by atoms with E-state index in [9.17, 15) is 19.2 Å². The van der Waals surface area contributed by atoms with Gasteiger partial charge in [-0.25, -0.2) is 0 Å². The van der Waals surface area contributed by atoms with E-state index in [-0.39, 0.29) is 12.5 Å². The Morgan fingerprint density at radius 2 is 1.32 bits per heavy atom. The van der Waals surface area contributed by atoms with Gasteiger partial charge in [-0.3, -0.25) is 24.1 Å². The number of hydrogen-bond acceptors (Lipinski definition) is 5. The van der Waals surface area contributed by atoms with Crippen LogP contribution in [0.25, 0.3) is 22.3 Å². The van der Waals surface area contributed by atoms with Gasteiger partial charge in [-0.15, -0.1) is 0 Å². The van der Waals surface area contributed by atoms with E-state index < -0.39 is 23.7 Å². The molecule has 1 N–H and O–H groups in total. The molecule has 7 heteroatoms. The van der Waals surface area contributed by atoms with Gasteiger partial charge in [0.2, 0.25) is 0 Å². The van der Waals surface area contributed by atoms with E-state index in [1.54, 1.807) is 42.5 Å². The lowest BCUT2D eigenvalue weighted by atomic mass is 9.99. The van der Waals surface area contributed by atoms with Crippen LogP contribution in [0.5, 0.6) is 0 Å². The van der Waals surface area contributed by atoms with E-state index in [1.807, 2.05) is 61.5 Å². The van der Waals surface area contributed by atoms with Crippen LogP contribution in [0.4, 0.5) is 5.69 Å². The lowest BCUT2D eigenvalue weighted by Crippen LogP contribution is -2.37. The second-order valence-corrected chi connectivity index (χ2v) is 9.58. The van der Waals surface area contributed by atoms with Gasteiger partial charge in [0.15, 0.2) is 0 Å². The summed E-state index contributed by atoms with van der Waals surface area (Å²) in [5, 5.41) is 2.92. The highest BCUT2D eigenvalue weighted by molar-refractivity contribution is 6.22. The molecule has 40 heavy (non-hydrogen) atoms. The van der Waals surface area contributed by atoms with Crippen LogP contribution in [0.1, 0.15) is 44.4 Å². The molecule has 3 amide bonds. The Morgan fingerprint density at radius 3 is 1.98 bits per heavy atom. The number of nitrogens with one attached hydrogen (secondary N) is 1. The predicted octanol–water partition coefficient (Wildman–Crippen LogP) is 6.07. The van der Waals surface area contributed by atoms with Gasteiger partial charge in [-0.2, -0.15) is 0 Å². The van der Waals surface area contributed by atoms with Crippen LogP contribution in [-0.2, 0) is 9.53 Å². The summed E-state index contributed by atoms with van der Waals surface area (Å²) in [6.07, 6.45) is 0.449. The molecule has 200 valence electrons. The molecule has 1 aliphatic heterocycles. The minimum atomic E-state index is -0.577. The predicted molar refractivity (Wildman–Crippen MR) is 153 cm³/mol. The van der Waals surface area contributed by atoms with E-state index in [2.05, 4.69) is 5.32 Å². The number of carbonyl (C=O) groups is 4. The van der Waals surface area contributed by atoms with Gasteiger partial charge in [-0.1, -0.05) is 67.6 Å². The molecule has 0 saturated carbocycles. The number of imide groups is 1.